The normalized spacial score (nSPS) is 12.1. The summed E-state index contributed by atoms with van der Waals surface area (Å²) in [5.74, 6) is -0.388. The molecular weight excluding hydrogens is 264 g/mol. The minimum atomic E-state index is -0.696. The Morgan fingerprint density at radius 3 is 2.89 bits per heavy atom. The molecule has 1 atom stereocenters. The number of ether oxygens (including phenoxy) is 1. The van der Waals surface area contributed by atoms with Gasteiger partial charge in [0.05, 0.1) is 12.7 Å². The van der Waals surface area contributed by atoms with Crippen LogP contribution in [0.15, 0.2) is 18.2 Å². The molecule has 19 heavy (non-hydrogen) atoms. The van der Waals surface area contributed by atoms with E-state index in [0.29, 0.717) is 12.3 Å². The third-order valence-electron chi connectivity index (χ3n) is 2.89. The average Bonchev–Trinajstić information content (AvgIpc) is 2.80. The van der Waals surface area contributed by atoms with Crippen LogP contribution < -0.4 is 0 Å². The number of aryl methyl sites for hydroxylation is 1. The van der Waals surface area contributed by atoms with E-state index in [2.05, 4.69) is 4.98 Å². The first-order valence-corrected chi connectivity index (χ1v) is 6.34. The molecule has 0 aliphatic rings. The molecule has 2 aromatic rings. The van der Waals surface area contributed by atoms with E-state index in [9.17, 15) is 4.79 Å². The standard InChI is InChI=1S/C14H13ClN2O2/c1-3-19-14(18)13-5-9-4-8(2)10(11(15)7-16)6-12(9)17-13/h4-6,11,17H,3H2,1-2H3. The van der Waals surface area contributed by atoms with E-state index in [0.717, 1.165) is 22.0 Å². The Balaban J connectivity index is 2.49. The number of esters is 1. The lowest BCUT2D eigenvalue weighted by molar-refractivity contribution is 0.0520. The average molecular weight is 277 g/mol. The summed E-state index contributed by atoms with van der Waals surface area (Å²) in [6.07, 6.45) is 0. The molecule has 2 rings (SSSR count). The fourth-order valence-corrected chi connectivity index (χ4v) is 2.21. The molecular formula is C14H13ClN2O2. The lowest BCUT2D eigenvalue weighted by atomic mass is 10.0. The van der Waals surface area contributed by atoms with Crippen molar-refractivity contribution in [2.75, 3.05) is 6.61 Å². The molecule has 0 spiro atoms. The minimum absolute atomic E-state index is 0.330. The zero-order valence-electron chi connectivity index (χ0n) is 10.7. The Labute approximate surface area is 115 Å². The van der Waals surface area contributed by atoms with Crippen molar-refractivity contribution < 1.29 is 9.53 Å². The van der Waals surface area contributed by atoms with Gasteiger partial charge in [0.25, 0.3) is 0 Å². The Morgan fingerprint density at radius 2 is 2.26 bits per heavy atom. The Morgan fingerprint density at radius 1 is 1.53 bits per heavy atom. The summed E-state index contributed by atoms with van der Waals surface area (Å²) in [5.41, 5.74) is 2.83. The molecule has 1 aromatic heterocycles. The van der Waals surface area contributed by atoms with Gasteiger partial charge >= 0.3 is 5.97 Å². The summed E-state index contributed by atoms with van der Waals surface area (Å²) >= 11 is 5.95. The molecule has 1 N–H and O–H groups in total. The zero-order chi connectivity index (χ0) is 14.0. The number of fused-ring (bicyclic) bond motifs is 1. The second kappa shape index (κ2) is 5.33. The number of carbonyl (C=O) groups excluding carboxylic acids is 1. The molecule has 0 fully saturated rings. The van der Waals surface area contributed by atoms with Crippen molar-refractivity contribution in [1.82, 2.24) is 4.98 Å². The maximum atomic E-state index is 11.6. The van der Waals surface area contributed by atoms with Gasteiger partial charge in [0.1, 0.15) is 11.1 Å². The number of carbonyl (C=O) groups is 1. The third kappa shape index (κ3) is 2.56. The van der Waals surface area contributed by atoms with Crippen LogP contribution >= 0.6 is 11.6 Å². The van der Waals surface area contributed by atoms with Gasteiger partial charge in [0.15, 0.2) is 0 Å². The van der Waals surface area contributed by atoms with Gasteiger partial charge in [-0.25, -0.2) is 4.79 Å². The van der Waals surface area contributed by atoms with Gasteiger partial charge in [-0.05, 0) is 43.2 Å². The summed E-state index contributed by atoms with van der Waals surface area (Å²) in [5, 5.41) is 9.08. The number of nitriles is 1. The fourth-order valence-electron chi connectivity index (χ4n) is 1.97. The van der Waals surface area contributed by atoms with E-state index in [-0.39, 0.29) is 5.97 Å². The summed E-state index contributed by atoms with van der Waals surface area (Å²) in [6, 6.07) is 7.43. The molecule has 5 heteroatoms. The summed E-state index contributed by atoms with van der Waals surface area (Å²) in [6.45, 7) is 3.98. The van der Waals surface area contributed by atoms with Crippen LogP contribution in [-0.4, -0.2) is 17.6 Å². The smallest absolute Gasteiger partial charge is 0.354 e. The van der Waals surface area contributed by atoms with Crippen LogP contribution in [-0.2, 0) is 4.74 Å². The van der Waals surface area contributed by atoms with E-state index in [1.165, 1.54) is 0 Å². The number of benzene rings is 1. The monoisotopic (exact) mass is 276 g/mol. The number of hydrogen-bond donors (Lipinski definition) is 1. The van der Waals surface area contributed by atoms with Crippen LogP contribution in [0.2, 0.25) is 0 Å². The SMILES string of the molecule is CCOC(=O)c1cc2cc(C)c(C(Cl)C#N)cc2[nH]1. The number of nitrogens with one attached hydrogen (secondary N) is 1. The highest BCUT2D eigenvalue weighted by atomic mass is 35.5. The number of aromatic nitrogens is 1. The van der Waals surface area contributed by atoms with Crippen molar-refractivity contribution in [2.45, 2.75) is 19.2 Å². The number of nitrogens with zero attached hydrogens (tertiary/aromatic N) is 1. The first-order valence-electron chi connectivity index (χ1n) is 5.91. The van der Waals surface area contributed by atoms with Crippen LogP contribution in [0.4, 0.5) is 0 Å². The Hall–Kier alpha value is -1.99. The fraction of sp³-hybridized carbons (Fsp3) is 0.286. The highest BCUT2D eigenvalue weighted by Crippen LogP contribution is 2.28. The second-order valence-electron chi connectivity index (χ2n) is 4.19. The van der Waals surface area contributed by atoms with Crippen molar-refractivity contribution in [3.05, 3.63) is 35.0 Å². The Bertz CT molecular complexity index is 670. The number of H-pyrrole nitrogens is 1. The van der Waals surface area contributed by atoms with E-state index < -0.39 is 5.38 Å². The third-order valence-corrected chi connectivity index (χ3v) is 3.22. The molecule has 0 saturated carbocycles. The topological polar surface area (TPSA) is 65.9 Å². The van der Waals surface area contributed by atoms with Crippen molar-refractivity contribution in [2.24, 2.45) is 0 Å². The molecule has 1 heterocycles. The minimum Gasteiger partial charge on any atom is -0.461 e. The van der Waals surface area contributed by atoms with Crippen LogP contribution in [0, 0.1) is 18.3 Å². The highest BCUT2D eigenvalue weighted by Gasteiger charge is 2.14. The molecule has 1 unspecified atom stereocenters. The van der Waals surface area contributed by atoms with Crippen LogP contribution in [0.1, 0.15) is 33.9 Å². The van der Waals surface area contributed by atoms with Crippen LogP contribution in [0.5, 0.6) is 0 Å². The van der Waals surface area contributed by atoms with Gasteiger partial charge in [0, 0.05) is 10.9 Å². The number of hydrogen-bond acceptors (Lipinski definition) is 3. The summed E-state index contributed by atoms with van der Waals surface area (Å²) in [7, 11) is 0. The van der Waals surface area contributed by atoms with Gasteiger partial charge in [-0.1, -0.05) is 0 Å². The number of alkyl halides is 1. The molecule has 0 bridgehead atoms. The molecule has 0 aliphatic heterocycles. The van der Waals surface area contributed by atoms with E-state index >= 15 is 0 Å². The predicted octanol–water partition coefficient (Wildman–Crippen LogP) is 3.46. The first kappa shape index (κ1) is 13.4. The lowest BCUT2D eigenvalue weighted by Gasteiger charge is -2.05. The van der Waals surface area contributed by atoms with Gasteiger partial charge in [0.2, 0.25) is 0 Å². The maximum absolute atomic E-state index is 11.6. The first-order chi connectivity index (χ1) is 9.06. The highest BCUT2D eigenvalue weighted by molar-refractivity contribution is 6.22. The van der Waals surface area contributed by atoms with Crippen molar-refractivity contribution in [3.8, 4) is 6.07 Å². The lowest BCUT2D eigenvalue weighted by Crippen LogP contribution is -2.04. The van der Waals surface area contributed by atoms with Crippen molar-refractivity contribution >= 4 is 28.5 Å². The Kier molecular flexibility index (Phi) is 3.77. The molecule has 4 nitrogen and oxygen atoms in total. The predicted molar refractivity (Wildman–Crippen MR) is 73.2 cm³/mol. The molecule has 0 radical (unpaired) electrons. The van der Waals surface area contributed by atoms with E-state index in [1.807, 2.05) is 19.1 Å². The number of aromatic amines is 1. The quantitative estimate of drug-likeness (QED) is 0.690. The molecule has 1 aromatic carbocycles. The summed E-state index contributed by atoms with van der Waals surface area (Å²) < 4.78 is 4.94. The molecule has 0 aliphatic carbocycles. The van der Waals surface area contributed by atoms with Crippen LogP contribution in [0.3, 0.4) is 0 Å². The largest absolute Gasteiger partial charge is 0.461 e. The van der Waals surface area contributed by atoms with Gasteiger partial charge in [-0.15, -0.1) is 11.6 Å². The zero-order valence-corrected chi connectivity index (χ0v) is 11.4. The number of rotatable bonds is 3. The van der Waals surface area contributed by atoms with Crippen LogP contribution in [0.25, 0.3) is 10.9 Å². The number of halogens is 1. The molecule has 98 valence electrons. The van der Waals surface area contributed by atoms with E-state index in [1.54, 1.807) is 19.1 Å². The van der Waals surface area contributed by atoms with Gasteiger partial charge in [-0.3, -0.25) is 0 Å². The van der Waals surface area contributed by atoms with Crippen molar-refractivity contribution in [3.63, 3.8) is 0 Å². The van der Waals surface area contributed by atoms with Crippen molar-refractivity contribution in [1.29, 1.82) is 5.26 Å². The molecule has 0 saturated heterocycles. The molecule has 0 amide bonds. The van der Waals surface area contributed by atoms with E-state index in [4.69, 9.17) is 21.6 Å². The second-order valence-corrected chi connectivity index (χ2v) is 4.63. The maximum Gasteiger partial charge on any atom is 0.354 e. The van der Waals surface area contributed by atoms with Gasteiger partial charge < -0.3 is 9.72 Å². The summed E-state index contributed by atoms with van der Waals surface area (Å²) in [4.78, 5) is 14.6. The van der Waals surface area contributed by atoms with Gasteiger partial charge in [-0.2, -0.15) is 5.26 Å².